The van der Waals surface area contributed by atoms with Gasteiger partial charge in [-0.2, -0.15) is 13.2 Å². The summed E-state index contributed by atoms with van der Waals surface area (Å²) in [5.74, 6) is 0. The van der Waals surface area contributed by atoms with Crippen LogP contribution < -0.4 is 5.32 Å². The highest BCUT2D eigenvalue weighted by Crippen LogP contribution is 2.40. The zero-order valence-corrected chi connectivity index (χ0v) is 11.4. The second kappa shape index (κ2) is 6.92. The predicted molar refractivity (Wildman–Crippen MR) is 71.0 cm³/mol. The van der Waals surface area contributed by atoms with Gasteiger partial charge >= 0.3 is 5.51 Å². The van der Waals surface area contributed by atoms with Crippen LogP contribution in [0.2, 0.25) is 0 Å². The molecule has 0 radical (unpaired) electrons. The first kappa shape index (κ1) is 15.2. The van der Waals surface area contributed by atoms with Gasteiger partial charge in [0.25, 0.3) is 0 Å². The first-order valence-corrected chi connectivity index (χ1v) is 6.85. The summed E-state index contributed by atoms with van der Waals surface area (Å²) in [5, 5.41) is 3.15. The van der Waals surface area contributed by atoms with E-state index in [9.17, 15) is 13.2 Å². The Bertz CT molecular complexity index is 365. The molecular weight excluding hydrogens is 259 g/mol. The van der Waals surface area contributed by atoms with Gasteiger partial charge < -0.3 is 5.32 Å². The Labute approximate surface area is 110 Å². The van der Waals surface area contributed by atoms with Crippen molar-refractivity contribution in [2.75, 3.05) is 5.32 Å². The van der Waals surface area contributed by atoms with Crippen LogP contribution in [0.25, 0.3) is 0 Å². The normalized spacial score (nSPS) is 13.4. The van der Waals surface area contributed by atoms with E-state index in [1.54, 1.807) is 18.2 Å². The number of anilines is 1. The largest absolute Gasteiger partial charge is 0.446 e. The summed E-state index contributed by atoms with van der Waals surface area (Å²) >= 11 is -0.0693. The Morgan fingerprint density at radius 3 is 2.56 bits per heavy atom. The summed E-state index contributed by atoms with van der Waals surface area (Å²) in [7, 11) is 0. The Morgan fingerprint density at radius 1 is 1.28 bits per heavy atom. The number of hydrogen-bond acceptors (Lipinski definition) is 2. The van der Waals surface area contributed by atoms with E-state index < -0.39 is 5.51 Å². The molecule has 1 aromatic rings. The maximum absolute atomic E-state index is 12.4. The van der Waals surface area contributed by atoms with E-state index in [1.165, 1.54) is 6.07 Å². The topological polar surface area (TPSA) is 12.0 Å². The number of halogens is 3. The van der Waals surface area contributed by atoms with E-state index in [2.05, 4.69) is 12.2 Å². The van der Waals surface area contributed by atoms with E-state index in [0.717, 1.165) is 19.3 Å². The van der Waals surface area contributed by atoms with Crippen LogP contribution in [0, 0.1) is 0 Å². The molecule has 0 aliphatic heterocycles. The summed E-state index contributed by atoms with van der Waals surface area (Å²) in [6, 6.07) is 6.73. The minimum absolute atomic E-state index is 0.0693. The standard InChI is InChI=1S/C13H18F3NS/c1-3-4-7-10(2)17-11-8-5-6-9-12(11)18-13(14,15)16/h5-6,8-10,17H,3-4,7H2,1-2H3. The van der Waals surface area contributed by atoms with Crippen LogP contribution in [-0.2, 0) is 0 Å². The number of rotatable bonds is 6. The fourth-order valence-corrected chi connectivity index (χ4v) is 2.28. The summed E-state index contributed by atoms with van der Waals surface area (Å²) in [6.07, 6.45) is 3.12. The van der Waals surface area contributed by atoms with Gasteiger partial charge in [0, 0.05) is 16.6 Å². The maximum Gasteiger partial charge on any atom is 0.446 e. The Kier molecular flexibility index (Phi) is 5.85. The zero-order chi connectivity index (χ0) is 13.6. The highest BCUT2D eigenvalue weighted by Gasteiger charge is 2.30. The Hall–Kier alpha value is -0.840. The van der Waals surface area contributed by atoms with Crippen molar-refractivity contribution in [3.8, 4) is 0 Å². The van der Waals surface area contributed by atoms with Gasteiger partial charge in [-0.3, -0.25) is 0 Å². The molecule has 0 saturated carbocycles. The van der Waals surface area contributed by atoms with Crippen molar-refractivity contribution in [2.24, 2.45) is 0 Å². The van der Waals surface area contributed by atoms with Crippen LogP contribution in [0.3, 0.4) is 0 Å². The molecule has 0 bridgehead atoms. The molecule has 0 heterocycles. The summed E-state index contributed by atoms with van der Waals surface area (Å²) in [4.78, 5) is 0.230. The lowest BCUT2D eigenvalue weighted by Gasteiger charge is -2.18. The SMILES string of the molecule is CCCCC(C)Nc1ccccc1SC(F)(F)F. The molecule has 1 rings (SSSR count). The molecule has 0 fully saturated rings. The van der Waals surface area contributed by atoms with E-state index in [-0.39, 0.29) is 22.7 Å². The summed E-state index contributed by atoms with van der Waals surface area (Å²) < 4.78 is 37.2. The molecule has 1 aromatic carbocycles. The number of benzene rings is 1. The van der Waals surface area contributed by atoms with Gasteiger partial charge in [-0.05, 0) is 37.2 Å². The number of nitrogens with one attached hydrogen (secondary N) is 1. The van der Waals surface area contributed by atoms with Gasteiger partial charge in [0.2, 0.25) is 0 Å². The first-order valence-electron chi connectivity index (χ1n) is 6.03. The molecule has 1 nitrogen and oxygen atoms in total. The molecule has 0 aromatic heterocycles. The zero-order valence-electron chi connectivity index (χ0n) is 10.6. The fraction of sp³-hybridized carbons (Fsp3) is 0.538. The third-order valence-corrected chi connectivity index (χ3v) is 3.31. The van der Waals surface area contributed by atoms with E-state index in [4.69, 9.17) is 0 Å². The van der Waals surface area contributed by atoms with E-state index in [0.29, 0.717) is 5.69 Å². The van der Waals surface area contributed by atoms with Crippen molar-refractivity contribution in [1.29, 1.82) is 0 Å². The molecular formula is C13H18F3NS. The molecule has 102 valence electrons. The molecule has 0 aliphatic rings. The molecule has 5 heteroatoms. The quantitative estimate of drug-likeness (QED) is 0.709. The van der Waals surface area contributed by atoms with Crippen LogP contribution in [0.4, 0.5) is 18.9 Å². The molecule has 0 amide bonds. The minimum Gasteiger partial charge on any atom is -0.382 e. The first-order chi connectivity index (χ1) is 8.42. The monoisotopic (exact) mass is 277 g/mol. The van der Waals surface area contributed by atoms with Crippen LogP contribution >= 0.6 is 11.8 Å². The smallest absolute Gasteiger partial charge is 0.382 e. The summed E-state index contributed by atoms with van der Waals surface area (Å²) in [5.41, 5.74) is -3.69. The van der Waals surface area contributed by atoms with Crippen molar-refractivity contribution in [3.05, 3.63) is 24.3 Å². The van der Waals surface area contributed by atoms with Gasteiger partial charge in [0.05, 0.1) is 0 Å². The average Bonchev–Trinajstić information content (AvgIpc) is 2.27. The highest BCUT2D eigenvalue weighted by molar-refractivity contribution is 8.00. The minimum atomic E-state index is -4.25. The van der Waals surface area contributed by atoms with Gasteiger partial charge in [-0.25, -0.2) is 0 Å². The van der Waals surface area contributed by atoms with Crippen molar-refractivity contribution in [3.63, 3.8) is 0 Å². The van der Waals surface area contributed by atoms with E-state index >= 15 is 0 Å². The maximum atomic E-state index is 12.4. The highest BCUT2D eigenvalue weighted by atomic mass is 32.2. The van der Waals surface area contributed by atoms with Crippen LogP contribution in [0.1, 0.15) is 33.1 Å². The van der Waals surface area contributed by atoms with Crippen molar-refractivity contribution in [1.82, 2.24) is 0 Å². The molecule has 1 N–H and O–H groups in total. The Balaban J connectivity index is 2.70. The lowest BCUT2D eigenvalue weighted by atomic mass is 10.1. The fourth-order valence-electron chi connectivity index (χ4n) is 1.65. The van der Waals surface area contributed by atoms with Gasteiger partial charge in [-0.1, -0.05) is 31.9 Å². The Morgan fingerprint density at radius 2 is 1.94 bits per heavy atom. The van der Waals surface area contributed by atoms with Crippen LogP contribution in [0.15, 0.2) is 29.2 Å². The van der Waals surface area contributed by atoms with Crippen molar-refractivity contribution >= 4 is 17.4 Å². The average molecular weight is 277 g/mol. The van der Waals surface area contributed by atoms with Gasteiger partial charge in [-0.15, -0.1) is 0 Å². The second-order valence-electron chi connectivity index (χ2n) is 4.23. The number of hydrogen-bond donors (Lipinski definition) is 1. The lowest BCUT2D eigenvalue weighted by molar-refractivity contribution is -0.0327. The van der Waals surface area contributed by atoms with Crippen LogP contribution in [0.5, 0.6) is 0 Å². The van der Waals surface area contributed by atoms with Crippen LogP contribution in [-0.4, -0.2) is 11.6 Å². The molecule has 18 heavy (non-hydrogen) atoms. The van der Waals surface area contributed by atoms with Crippen molar-refractivity contribution < 1.29 is 13.2 Å². The molecule has 1 atom stereocenters. The third kappa shape index (κ3) is 5.67. The van der Waals surface area contributed by atoms with Crippen molar-refractivity contribution in [2.45, 2.75) is 49.6 Å². The lowest BCUT2D eigenvalue weighted by Crippen LogP contribution is -2.15. The van der Waals surface area contributed by atoms with E-state index in [1.807, 2.05) is 6.92 Å². The third-order valence-electron chi connectivity index (χ3n) is 2.51. The molecule has 0 saturated heterocycles. The molecule has 1 unspecified atom stereocenters. The second-order valence-corrected chi connectivity index (χ2v) is 5.34. The number of alkyl halides is 3. The number of para-hydroxylation sites is 1. The molecule has 0 spiro atoms. The number of thioether (sulfide) groups is 1. The van der Waals surface area contributed by atoms with Gasteiger partial charge in [0.1, 0.15) is 0 Å². The predicted octanol–water partition coefficient (Wildman–Crippen LogP) is 5.29. The van der Waals surface area contributed by atoms with Gasteiger partial charge in [0.15, 0.2) is 0 Å². The molecule has 0 aliphatic carbocycles. The summed E-state index contributed by atoms with van der Waals surface area (Å²) in [6.45, 7) is 4.09. The number of unbranched alkanes of at least 4 members (excludes halogenated alkanes) is 1.